The highest BCUT2D eigenvalue weighted by atomic mass is 32.2. The highest BCUT2D eigenvalue weighted by Crippen LogP contribution is 2.57. The van der Waals surface area contributed by atoms with E-state index in [9.17, 15) is 18.6 Å². The van der Waals surface area contributed by atoms with E-state index in [4.69, 9.17) is 4.74 Å². The second-order valence-corrected chi connectivity index (χ2v) is 17.8. The van der Waals surface area contributed by atoms with E-state index in [1.807, 2.05) is 84.9 Å². The van der Waals surface area contributed by atoms with E-state index in [-0.39, 0.29) is 23.8 Å². The molecule has 1 saturated heterocycles. The van der Waals surface area contributed by atoms with Gasteiger partial charge in [-0.05, 0) is 62.7 Å². The van der Waals surface area contributed by atoms with Gasteiger partial charge in [0.15, 0.2) is 0 Å². The Morgan fingerprint density at radius 2 is 1.28 bits per heavy atom. The first-order valence-corrected chi connectivity index (χ1v) is 19.0. The first-order chi connectivity index (χ1) is 22.6. The van der Waals surface area contributed by atoms with Crippen LogP contribution in [0, 0.1) is 0 Å². The zero-order valence-electron chi connectivity index (χ0n) is 26.7. The zero-order chi connectivity index (χ0) is 33.2. The Morgan fingerprint density at radius 3 is 1.74 bits per heavy atom. The molecule has 240 valence electrons. The van der Waals surface area contributed by atoms with Crippen molar-refractivity contribution in [3.05, 3.63) is 138 Å². The molecule has 47 heavy (non-hydrogen) atoms. The highest BCUT2D eigenvalue weighted by molar-refractivity contribution is 7.96. The minimum absolute atomic E-state index is 0.0718. The average Bonchev–Trinajstić information content (AvgIpc) is 3.06. The number of fused-ring (bicyclic) bond motifs is 1. The molecule has 0 radical (unpaired) electrons. The second-order valence-electron chi connectivity index (χ2n) is 12.8. The van der Waals surface area contributed by atoms with Crippen LogP contribution in [0.25, 0.3) is 0 Å². The van der Waals surface area contributed by atoms with Gasteiger partial charge in [-0.1, -0.05) is 84.9 Å². The summed E-state index contributed by atoms with van der Waals surface area (Å²) < 4.78 is 20.0. The van der Waals surface area contributed by atoms with Crippen LogP contribution in [-0.2, 0) is 36.3 Å². The fraction of sp³-hybridized carbons (Fsp3) is 0.237. The van der Waals surface area contributed by atoms with Crippen LogP contribution in [0.3, 0.4) is 0 Å². The Morgan fingerprint density at radius 1 is 0.809 bits per heavy atom. The van der Waals surface area contributed by atoms with Gasteiger partial charge in [0, 0.05) is 5.57 Å². The van der Waals surface area contributed by atoms with E-state index in [1.165, 1.54) is 4.90 Å². The van der Waals surface area contributed by atoms with Gasteiger partial charge in [-0.3, -0.25) is 18.7 Å². The summed E-state index contributed by atoms with van der Waals surface area (Å²) in [4.78, 5) is 42.3. The molecule has 0 saturated carbocycles. The van der Waals surface area contributed by atoms with Crippen molar-refractivity contribution in [3.63, 3.8) is 0 Å². The lowest BCUT2D eigenvalue weighted by Crippen LogP contribution is -2.74. The van der Waals surface area contributed by atoms with Crippen LogP contribution in [0.15, 0.2) is 133 Å². The molecule has 2 heterocycles. The monoisotopic (exact) mass is 665 g/mol. The summed E-state index contributed by atoms with van der Waals surface area (Å²) in [5.74, 6) is -1.38. The van der Waals surface area contributed by atoms with Crippen molar-refractivity contribution in [2.75, 3.05) is 11.9 Å². The average molecular weight is 666 g/mol. The maximum absolute atomic E-state index is 14.1. The molecule has 9 heteroatoms. The number of ether oxygens (including phenoxy) is 1. The Labute approximate surface area is 278 Å². The van der Waals surface area contributed by atoms with Crippen molar-refractivity contribution in [1.82, 2.24) is 10.2 Å². The number of nitrogens with one attached hydrogen (secondary N) is 1. The van der Waals surface area contributed by atoms with Gasteiger partial charge in [-0.15, -0.1) is 0 Å². The molecule has 0 spiro atoms. The molecule has 2 amide bonds. The van der Waals surface area contributed by atoms with Gasteiger partial charge in [0.1, 0.15) is 45.9 Å². The van der Waals surface area contributed by atoms with Crippen LogP contribution in [0.4, 0.5) is 0 Å². The number of carbonyl (C=O) groups excluding carboxylic acids is 3. The lowest BCUT2D eigenvalue weighted by Gasteiger charge is -2.49. The number of benzene rings is 4. The zero-order valence-corrected chi connectivity index (χ0v) is 28.4. The normalized spacial score (nSPS) is 19.4. The SMILES string of the molecule is CC(C)(C)OC(=O)C1=C(C[P+](c2ccccc2)(c2ccccc2)c2ccccc2)CS(=O)[C@@H]2[C@H](NC(=O)Cc3ccccc3)C(=O)N12. The topological polar surface area (TPSA) is 92.8 Å². The van der Waals surface area contributed by atoms with Gasteiger partial charge in [-0.25, -0.2) is 4.79 Å². The van der Waals surface area contributed by atoms with Gasteiger partial charge in [-0.2, -0.15) is 0 Å². The molecular formula is C38H38N2O5PS+. The fourth-order valence-electron chi connectivity index (χ4n) is 6.35. The number of rotatable bonds is 9. The lowest BCUT2D eigenvalue weighted by atomic mass is 10.0. The maximum atomic E-state index is 14.1. The minimum Gasteiger partial charge on any atom is -0.455 e. The Hall–Kier alpha value is -4.39. The molecule has 1 N–H and O–H groups in total. The molecule has 1 fully saturated rings. The fourth-order valence-corrected chi connectivity index (χ4v) is 12.5. The molecule has 7 nitrogen and oxygen atoms in total. The standard InChI is InChI=1S/C38H37N2O5PS/c1-38(2,3)45-37(43)34-28(26-47(44)36-33(35(42)40(34)36)39-32(41)24-27-16-8-4-9-17-27)25-46(29-18-10-5-11-19-29,30-20-12-6-13-21-30)31-22-14-7-15-23-31/h4-23,33,36H,24-26H2,1-3H3/p+1/t33-,36-,47?/m1/s1. The van der Waals surface area contributed by atoms with Gasteiger partial charge < -0.3 is 10.1 Å². The third kappa shape index (κ3) is 6.58. The van der Waals surface area contributed by atoms with Crippen molar-refractivity contribution in [2.24, 2.45) is 0 Å². The summed E-state index contributed by atoms with van der Waals surface area (Å²) in [5, 5.41) is 5.23. The van der Waals surface area contributed by atoms with Crippen LogP contribution in [0.5, 0.6) is 0 Å². The number of hydrogen-bond acceptors (Lipinski definition) is 5. The van der Waals surface area contributed by atoms with Gasteiger partial charge in [0.05, 0.1) is 29.1 Å². The molecule has 4 aromatic rings. The van der Waals surface area contributed by atoms with Gasteiger partial charge >= 0.3 is 5.97 Å². The van der Waals surface area contributed by atoms with Crippen LogP contribution in [-0.4, -0.2) is 55.8 Å². The summed E-state index contributed by atoms with van der Waals surface area (Å²) in [6, 6.07) is 38.9. The van der Waals surface area contributed by atoms with E-state index < -0.39 is 47.0 Å². The Kier molecular flexibility index (Phi) is 9.27. The van der Waals surface area contributed by atoms with Gasteiger partial charge in [0.2, 0.25) is 5.91 Å². The van der Waals surface area contributed by atoms with Crippen molar-refractivity contribution >= 4 is 51.8 Å². The first kappa shape index (κ1) is 32.5. The van der Waals surface area contributed by atoms with Crippen LogP contribution in [0.1, 0.15) is 26.3 Å². The second kappa shape index (κ2) is 13.4. The highest BCUT2D eigenvalue weighted by Gasteiger charge is 2.59. The third-order valence-electron chi connectivity index (χ3n) is 8.34. The van der Waals surface area contributed by atoms with Crippen LogP contribution >= 0.6 is 7.26 Å². The summed E-state index contributed by atoms with van der Waals surface area (Å²) in [6.45, 7) is 5.34. The lowest BCUT2D eigenvalue weighted by molar-refractivity contribution is -0.159. The number of nitrogens with zero attached hydrogens (tertiary/aromatic N) is 1. The van der Waals surface area contributed by atoms with Crippen LogP contribution < -0.4 is 21.2 Å². The first-order valence-electron chi connectivity index (χ1n) is 15.6. The Balaban J connectivity index is 1.45. The number of hydrogen-bond donors (Lipinski definition) is 1. The smallest absolute Gasteiger partial charge is 0.355 e. The predicted octanol–water partition coefficient (Wildman–Crippen LogP) is 4.23. The number of β-lactam (4-membered cyclic amide) rings is 1. The summed E-state index contributed by atoms with van der Waals surface area (Å²) in [5.41, 5.74) is 0.720. The molecule has 0 aliphatic carbocycles. The van der Waals surface area contributed by atoms with E-state index in [2.05, 4.69) is 41.7 Å². The molecule has 2 aliphatic heterocycles. The summed E-state index contributed by atoms with van der Waals surface area (Å²) >= 11 is 0. The Bertz CT molecular complexity index is 1730. The van der Waals surface area contributed by atoms with Crippen molar-refractivity contribution in [3.8, 4) is 0 Å². The van der Waals surface area contributed by atoms with E-state index >= 15 is 0 Å². The third-order valence-corrected chi connectivity index (χ3v) is 14.4. The largest absolute Gasteiger partial charge is 0.455 e. The number of esters is 1. The summed E-state index contributed by atoms with van der Waals surface area (Å²) in [6.07, 6.45) is 0.467. The number of amides is 2. The quantitative estimate of drug-likeness (QED) is 0.164. The molecule has 0 bridgehead atoms. The van der Waals surface area contributed by atoms with E-state index in [1.54, 1.807) is 20.8 Å². The van der Waals surface area contributed by atoms with Crippen LogP contribution in [0.2, 0.25) is 0 Å². The van der Waals surface area contributed by atoms with Crippen molar-refractivity contribution in [2.45, 2.75) is 44.2 Å². The molecule has 0 aromatic heterocycles. The predicted molar refractivity (Wildman–Crippen MR) is 189 cm³/mol. The molecule has 1 unspecified atom stereocenters. The summed E-state index contributed by atoms with van der Waals surface area (Å²) in [7, 11) is -4.10. The maximum Gasteiger partial charge on any atom is 0.355 e. The van der Waals surface area contributed by atoms with Crippen molar-refractivity contribution in [1.29, 1.82) is 0 Å². The molecule has 6 rings (SSSR count). The molecular weight excluding hydrogens is 627 g/mol. The number of carbonyl (C=O) groups is 3. The molecule has 2 aliphatic rings. The van der Waals surface area contributed by atoms with E-state index in [0.29, 0.717) is 11.7 Å². The minimum atomic E-state index is -2.50. The molecule has 4 aromatic carbocycles. The van der Waals surface area contributed by atoms with Crippen molar-refractivity contribution < 1.29 is 23.3 Å². The van der Waals surface area contributed by atoms with Gasteiger partial charge in [0.25, 0.3) is 5.91 Å². The molecule has 3 atom stereocenters. The van der Waals surface area contributed by atoms with E-state index in [0.717, 1.165) is 21.5 Å².